The molecule has 4 unspecified atom stereocenters. The number of fused-ring (bicyclic) bond motifs is 1. The number of thioether (sulfide) groups is 1. The fraction of sp³-hybridized carbons (Fsp3) is 0.600. The summed E-state index contributed by atoms with van der Waals surface area (Å²) >= 11 is 1.80. The van der Waals surface area contributed by atoms with Gasteiger partial charge in [-0.05, 0) is 43.0 Å². The van der Waals surface area contributed by atoms with Gasteiger partial charge in [-0.25, -0.2) is 0 Å². The van der Waals surface area contributed by atoms with Crippen molar-refractivity contribution < 1.29 is 9.84 Å². The van der Waals surface area contributed by atoms with Crippen LogP contribution in [0.4, 0.5) is 0 Å². The van der Waals surface area contributed by atoms with Crippen molar-refractivity contribution in [3.05, 3.63) is 29.3 Å². The average Bonchev–Trinajstić information content (AvgIpc) is 2.41. The number of benzene rings is 1. The first-order chi connectivity index (χ1) is 9.02. The maximum absolute atomic E-state index is 9.63. The highest BCUT2D eigenvalue weighted by Gasteiger charge is 2.29. The number of aliphatic hydroxyl groups excluding tert-OH is 1. The third kappa shape index (κ3) is 3.25. The van der Waals surface area contributed by atoms with E-state index in [4.69, 9.17) is 10.5 Å². The molecular formula is C15H23NO2S. The van der Waals surface area contributed by atoms with Crippen molar-refractivity contribution in [2.24, 2.45) is 5.73 Å². The molecule has 0 aromatic heterocycles. The molecule has 3 nitrogen and oxygen atoms in total. The number of hydrogen-bond acceptors (Lipinski definition) is 4. The van der Waals surface area contributed by atoms with Crippen LogP contribution in [0.15, 0.2) is 18.2 Å². The van der Waals surface area contributed by atoms with E-state index < -0.39 is 0 Å². The molecule has 0 saturated heterocycles. The van der Waals surface area contributed by atoms with Gasteiger partial charge in [-0.1, -0.05) is 13.0 Å². The van der Waals surface area contributed by atoms with Crippen molar-refractivity contribution in [2.45, 2.75) is 49.3 Å². The van der Waals surface area contributed by atoms with Crippen LogP contribution in [0.2, 0.25) is 0 Å². The van der Waals surface area contributed by atoms with E-state index in [0.717, 1.165) is 18.6 Å². The zero-order chi connectivity index (χ0) is 14.0. The summed E-state index contributed by atoms with van der Waals surface area (Å²) < 4.78 is 5.28. The second kappa shape index (κ2) is 6.16. The number of aliphatic hydroxyl groups is 1. The van der Waals surface area contributed by atoms with Crippen LogP contribution in [0.25, 0.3) is 0 Å². The molecule has 0 aliphatic heterocycles. The lowest BCUT2D eigenvalue weighted by Crippen LogP contribution is -2.32. The van der Waals surface area contributed by atoms with Crippen molar-refractivity contribution in [1.29, 1.82) is 0 Å². The summed E-state index contributed by atoms with van der Waals surface area (Å²) in [6.45, 7) is 3.89. The molecule has 0 spiro atoms. The Balaban J connectivity index is 2.16. The van der Waals surface area contributed by atoms with Crippen molar-refractivity contribution in [2.75, 3.05) is 7.11 Å². The van der Waals surface area contributed by atoms with E-state index in [9.17, 15) is 5.11 Å². The topological polar surface area (TPSA) is 55.5 Å². The minimum Gasteiger partial charge on any atom is -0.497 e. The molecule has 0 radical (unpaired) electrons. The Bertz CT molecular complexity index is 436. The molecule has 0 fully saturated rings. The van der Waals surface area contributed by atoms with Crippen molar-refractivity contribution in [3.8, 4) is 5.75 Å². The number of nitrogens with two attached hydrogens (primary N) is 1. The summed E-state index contributed by atoms with van der Waals surface area (Å²) in [7, 11) is 1.68. The Hall–Kier alpha value is -0.710. The second-order valence-electron chi connectivity index (χ2n) is 5.25. The molecule has 0 saturated carbocycles. The van der Waals surface area contributed by atoms with E-state index in [0.29, 0.717) is 5.25 Å². The van der Waals surface area contributed by atoms with E-state index in [2.05, 4.69) is 19.1 Å². The molecule has 1 aromatic rings. The first-order valence-electron chi connectivity index (χ1n) is 6.79. The van der Waals surface area contributed by atoms with Crippen LogP contribution < -0.4 is 10.5 Å². The molecule has 0 amide bonds. The molecule has 0 heterocycles. The van der Waals surface area contributed by atoms with E-state index in [1.807, 2.05) is 13.0 Å². The molecule has 106 valence electrons. The minimum absolute atomic E-state index is 0.0186. The van der Waals surface area contributed by atoms with Gasteiger partial charge in [-0.2, -0.15) is 11.8 Å². The van der Waals surface area contributed by atoms with Gasteiger partial charge in [0.15, 0.2) is 0 Å². The van der Waals surface area contributed by atoms with Gasteiger partial charge in [-0.3, -0.25) is 0 Å². The van der Waals surface area contributed by atoms with Crippen LogP contribution in [0.1, 0.15) is 37.4 Å². The summed E-state index contributed by atoms with van der Waals surface area (Å²) in [4.78, 5) is 0. The third-order valence-electron chi connectivity index (χ3n) is 3.88. The van der Waals surface area contributed by atoms with Gasteiger partial charge >= 0.3 is 0 Å². The summed E-state index contributed by atoms with van der Waals surface area (Å²) in [6, 6.07) is 6.19. The van der Waals surface area contributed by atoms with Gasteiger partial charge in [0.1, 0.15) is 5.75 Å². The number of hydrogen-bond donors (Lipinski definition) is 2. The van der Waals surface area contributed by atoms with Crippen LogP contribution in [0, 0.1) is 0 Å². The molecule has 1 aliphatic rings. The number of rotatable bonds is 4. The number of ether oxygens (including phenoxy) is 1. The molecule has 3 N–H and O–H groups in total. The first kappa shape index (κ1) is 14.7. The lowest BCUT2D eigenvalue weighted by atomic mass is 9.87. The van der Waals surface area contributed by atoms with Gasteiger partial charge in [0, 0.05) is 16.5 Å². The van der Waals surface area contributed by atoms with Gasteiger partial charge in [-0.15, -0.1) is 0 Å². The molecular weight excluding hydrogens is 258 g/mol. The lowest BCUT2D eigenvalue weighted by molar-refractivity contribution is 0.196. The van der Waals surface area contributed by atoms with Gasteiger partial charge in [0.25, 0.3) is 0 Å². The standard InChI is InChI=1S/C15H23NO2S/c1-9(17)10(2)19-14-7-5-11-4-6-12(18-3)8-13(11)15(14)16/h4,6,8-10,14-15,17H,5,7,16H2,1-3H3. The Labute approximate surface area is 119 Å². The first-order valence-corrected chi connectivity index (χ1v) is 7.73. The Morgan fingerprint density at radius 1 is 1.42 bits per heavy atom. The van der Waals surface area contributed by atoms with Crippen LogP contribution >= 0.6 is 11.8 Å². The summed E-state index contributed by atoms with van der Waals surface area (Å²) in [6.07, 6.45) is 1.82. The highest BCUT2D eigenvalue weighted by Crippen LogP contribution is 2.39. The summed E-state index contributed by atoms with van der Waals surface area (Å²) in [5.41, 5.74) is 8.93. The third-order valence-corrected chi connectivity index (χ3v) is 5.58. The lowest BCUT2D eigenvalue weighted by Gasteiger charge is -2.33. The van der Waals surface area contributed by atoms with Crippen molar-refractivity contribution in [3.63, 3.8) is 0 Å². The predicted molar refractivity (Wildman–Crippen MR) is 80.8 cm³/mol. The highest BCUT2D eigenvalue weighted by molar-refractivity contribution is 8.00. The molecule has 2 rings (SSSR count). The van der Waals surface area contributed by atoms with E-state index >= 15 is 0 Å². The van der Waals surface area contributed by atoms with Crippen LogP contribution in [0.5, 0.6) is 5.75 Å². The molecule has 0 bridgehead atoms. The van der Waals surface area contributed by atoms with Gasteiger partial charge in [0.2, 0.25) is 0 Å². The quantitative estimate of drug-likeness (QED) is 0.890. The maximum atomic E-state index is 9.63. The highest BCUT2D eigenvalue weighted by atomic mass is 32.2. The second-order valence-corrected chi connectivity index (χ2v) is 6.87. The van der Waals surface area contributed by atoms with Crippen molar-refractivity contribution in [1.82, 2.24) is 0 Å². The molecule has 4 atom stereocenters. The van der Waals surface area contributed by atoms with Crippen molar-refractivity contribution >= 4 is 11.8 Å². The normalized spacial score (nSPS) is 25.5. The van der Waals surface area contributed by atoms with Crippen LogP contribution in [-0.2, 0) is 6.42 Å². The largest absolute Gasteiger partial charge is 0.497 e. The SMILES string of the molecule is COc1ccc2c(c1)C(N)C(SC(C)C(C)O)CC2. The van der Waals surface area contributed by atoms with Crippen LogP contribution in [0.3, 0.4) is 0 Å². The maximum Gasteiger partial charge on any atom is 0.119 e. The van der Waals surface area contributed by atoms with E-state index in [1.165, 1.54) is 11.1 Å². The Morgan fingerprint density at radius 2 is 2.16 bits per heavy atom. The van der Waals surface area contributed by atoms with E-state index in [-0.39, 0.29) is 17.4 Å². The molecule has 1 aromatic carbocycles. The van der Waals surface area contributed by atoms with E-state index in [1.54, 1.807) is 18.9 Å². The zero-order valence-electron chi connectivity index (χ0n) is 11.8. The minimum atomic E-state index is -0.302. The smallest absolute Gasteiger partial charge is 0.119 e. The monoisotopic (exact) mass is 281 g/mol. The molecule has 1 aliphatic carbocycles. The Morgan fingerprint density at radius 3 is 2.79 bits per heavy atom. The summed E-state index contributed by atoms with van der Waals surface area (Å²) in [5, 5.41) is 10.2. The zero-order valence-corrected chi connectivity index (χ0v) is 12.6. The van der Waals surface area contributed by atoms with Crippen LogP contribution in [-0.4, -0.2) is 28.8 Å². The summed E-state index contributed by atoms with van der Waals surface area (Å²) in [5.74, 6) is 0.864. The fourth-order valence-electron chi connectivity index (χ4n) is 2.46. The Kier molecular flexibility index (Phi) is 4.76. The number of methoxy groups -OCH3 is 1. The fourth-order valence-corrected chi connectivity index (χ4v) is 3.81. The predicted octanol–water partition coefficient (Wildman–Crippen LogP) is 2.51. The van der Waals surface area contributed by atoms with Gasteiger partial charge in [0.05, 0.1) is 13.2 Å². The number of aryl methyl sites for hydroxylation is 1. The van der Waals surface area contributed by atoms with Gasteiger partial charge < -0.3 is 15.6 Å². The average molecular weight is 281 g/mol. The molecule has 4 heteroatoms. The molecule has 19 heavy (non-hydrogen) atoms.